The first-order valence-electron chi connectivity index (χ1n) is 9.70. The molecule has 146 valence electrons. The third-order valence-corrected chi connectivity index (χ3v) is 6.04. The second kappa shape index (κ2) is 7.13. The fourth-order valence-electron chi connectivity index (χ4n) is 4.54. The SMILES string of the molecule is CC(=O)c1ccc(F)cc1-c1ccc(C(=O)N2C[C@@H]3C(CN(C)C)[C@@H]3C2)cc1. The summed E-state index contributed by atoms with van der Waals surface area (Å²) >= 11 is 0. The average molecular weight is 380 g/mol. The predicted octanol–water partition coefficient (Wildman–Crippen LogP) is 3.57. The van der Waals surface area contributed by atoms with Gasteiger partial charge in [-0.1, -0.05) is 12.1 Å². The molecule has 0 radical (unpaired) electrons. The minimum atomic E-state index is -0.385. The highest BCUT2D eigenvalue weighted by molar-refractivity contribution is 6.01. The molecular weight excluding hydrogens is 355 g/mol. The van der Waals surface area contributed by atoms with Crippen molar-refractivity contribution < 1.29 is 14.0 Å². The third-order valence-electron chi connectivity index (χ3n) is 6.04. The van der Waals surface area contributed by atoms with Crippen molar-refractivity contribution in [2.75, 3.05) is 33.7 Å². The molecule has 2 fully saturated rings. The van der Waals surface area contributed by atoms with Crippen LogP contribution < -0.4 is 0 Å². The van der Waals surface area contributed by atoms with E-state index in [9.17, 15) is 14.0 Å². The molecule has 1 unspecified atom stereocenters. The third kappa shape index (κ3) is 3.47. The molecule has 1 aliphatic carbocycles. The van der Waals surface area contributed by atoms with E-state index in [-0.39, 0.29) is 17.5 Å². The van der Waals surface area contributed by atoms with Crippen molar-refractivity contribution in [2.45, 2.75) is 6.92 Å². The monoisotopic (exact) mass is 380 g/mol. The maximum atomic E-state index is 13.7. The van der Waals surface area contributed by atoms with Crippen LogP contribution in [0.1, 0.15) is 27.6 Å². The molecule has 0 bridgehead atoms. The minimum absolute atomic E-state index is 0.0494. The zero-order chi connectivity index (χ0) is 20.0. The van der Waals surface area contributed by atoms with Crippen LogP contribution in [-0.2, 0) is 0 Å². The first-order chi connectivity index (χ1) is 13.3. The largest absolute Gasteiger partial charge is 0.338 e. The summed E-state index contributed by atoms with van der Waals surface area (Å²) in [7, 11) is 4.18. The Morgan fingerprint density at radius 3 is 2.29 bits per heavy atom. The van der Waals surface area contributed by atoms with Crippen LogP contribution in [0.5, 0.6) is 0 Å². The number of amides is 1. The number of hydrogen-bond acceptors (Lipinski definition) is 3. The van der Waals surface area contributed by atoms with Gasteiger partial charge in [0.25, 0.3) is 5.91 Å². The molecule has 0 spiro atoms. The molecule has 0 N–H and O–H groups in total. The predicted molar refractivity (Wildman–Crippen MR) is 107 cm³/mol. The zero-order valence-electron chi connectivity index (χ0n) is 16.5. The van der Waals surface area contributed by atoms with Crippen LogP contribution in [0, 0.1) is 23.6 Å². The summed E-state index contributed by atoms with van der Waals surface area (Å²) in [5.41, 5.74) is 2.40. The van der Waals surface area contributed by atoms with Gasteiger partial charge in [-0.05, 0) is 80.2 Å². The molecule has 1 saturated heterocycles. The Morgan fingerprint density at radius 1 is 1.07 bits per heavy atom. The van der Waals surface area contributed by atoms with Crippen molar-refractivity contribution in [2.24, 2.45) is 17.8 Å². The first-order valence-corrected chi connectivity index (χ1v) is 9.70. The molecule has 5 heteroatoms. The number of carbonyl (C=O) groups is 2. The summed E-state index contributed by atoms with van der Waals surface area (Å²) in [4.78, 5) is 28.8. The van der Waals surface area contributed by atoms with E-state index in [1.165, 1.54) is 25.1 Å². The Balaban J connectivity index is 1.47. The number of carbonyl (C=O) groups excluding carboxylic acids is 2. The number of piperidine rings is 1. The molecule has 1 heterocycles. The van der Waals surface area contributed by atoms with Gasteiger partial charge in [-0.15, -0.1) is 0 Å². The summed E-state index contributed by atoms with van der Waals surface area (Å²) < 4.78 is 13.7. The molecule has 3 atom stereocenters. The standard InChI is InChI=1S/C23H25FN2O2/c1-14(27)18-9-8-17(24)10-19(18)15-4-6-16(7-5-15)23(28)26-12-21-20(11-25(2)3)22(21)13-26/h4-10,20-22H,11-13H2,1-3H3/t20?,21-,22+. The van der Waals surface area contributed by atoms with Gasteiger partial charge in [0.2, 0.25) is 0 Å². The lowest BCUT2D eigenvalue weighted by atomic mass is 9.96. The number of rotatable bonds is 5. The number of likely N-dealkylation sites (tertiary alicyclic amines) is 1. The van der Waals surface area contributed by atoms with Crippen LogP contribution in [0.25, 0.3) is 11.1 Å². The summed E-state index contributed by atoms with van der Waals surface area (Å²) in [6, 6.07) is 11.3. The molecule has 1 amide bonds. The maximum Gasteiger partial charge on any atom is 0.253 e. The maximum absolute atomic E-state index is 13.7. The fraction of sp³-hybridized carbons (Fsp3) is 0.391. The van der Waals surface area contributed by atoms with Crippen LogP contribution >= 0.6 is 0 Å². The number of benzene rings is 2. The van der Waals surface area contributed by atoms with Gasteiger partial charge in [0.1, 0.15) is 5.82 Å². The Bertz CT molecular complexity index is 911. The van der Waals surface area contributed by atoms with Crippen LogP contribution in [0.4, 0.5) is 4.39 Å². The van der Waals surface area contributed by atoms with Crippen molar-refractivity contribution in [3.8, 4) is 11.1 Å². The second-order valence-electron chi connectivity index (χ2n) is 8.29. The lowest BCUT2D eigenvalue weighted by molar-refractivity contribution is 0.0765. The van der Waals surface area contributed by atoms with E-state index < -0.39 is 0 Å². The van der Waals surface area contributed by atoms with E-state index in [0.717, 1.165) is 31.1 Å². The quantitative estimate of drug-likeness (QED) is 0.745. The molecular formula is C23H25FN2O2. The molecule has 4 nitrogen and oxygen atoms in total. The van der Waals surface area contributed by atoms with Crippen LogP contribution in [0.15, 0.2) is 42.5 Å². The molecule has 28 heavy (non-hydrogen) atoms. The zero-order valence-corrected chi connectivity index (χ0v) is 16.5. The highest BCUT2D eigenvalue weighted by Gasteiger charge is 2.56. The van der Waals surface area contributed by atoms with E-state index in [0.29, 0.717) is 28.5 Å². The highest BCUT2D eigenvalue weighted by atomic mass is 19.1. The van der Waals surface area contributed by atoms with Crippen molar-refractivity contribution in [3.05, 3.63) is 59.4 Å². The van der Waals surface area contributed by atoms with Gasteiger partial charge in [-0.2, -0.15) is 0 Å². The van der Waals surface area contributed by atoms with Crippen LogP contribution in [0.3, 0.4) is 0 Å². The lowest BCUT2D eigenvalue weighted by Gasteiger charge is -2.21. The fourth-order valence-corrected chi connectivity index (χ4v) is 4.54. The Hall–Kier alpha value is -2.53. The highest BCUT2D eigenvalue weighted by Crippen LogP contribution is 2.52. The van der Waals surface area contributed by atoms with Crippen molar-refractivity contribution in [1.29, 1.82) is 0 Å². The van der Waals surface area contributed by atoms with Gasteiger partial charge in [-0.3, -0.25) is 9.59 Å². The van der Waals surface area contributed by atoms with Crippen LogP contribution in [0.2, 0.25) is 0 Å². The molecule has 0 aromatic heterocycles. The molecule has 2 aliphatic rings. The van der Waals surface area contributed by atoms with E-state index in [1.807, 2.05) is 4.90 Å². The van der Waals surface area contributed by atoms with E-state index >= 15 is 0 Å². The topological polar surface area (TPSA) is 40.6 Å². The lowest BCUT2D eigenvalue weighted by Crippen LogP contribution is -2.33. The number of fused-ring (bicyclic) bond motifs is 1. The molecule has 2 aromatic rings. The number of ketones is 1. The summed E-state index contributed by atoms with van der Waals surface area (Å²) in [6.07, 6.45) is 0. The van der Waals surface area contributed by atoms with Crippen molar-refractivity contribution >= 4 is 11.7 Å². The van der Waals surface area contributed by atoms with Gasteiger partial charge in [0.15, 0.2) is 5.78 Å². The number of hydrogen-bond donors (Lipinski definition) is 0. The normalized spacial score (nSPS) is 23.0. The smallest absolute Gasteiger partial charge is 0.253 e. The average Bonchev–Trinajstić information content (AvgIpc) is 3.09. The molecule has 1 aliphatic heterocycles. The minimum Gasteiger partial charge on any atom is -0.338 e. The first kappa shape index (κ1) is 18.8. The molecule has 2 aromatic carbocycles. The van der Waals surface area contributed by atoms with Gasteiger partial charge in [0.05, 0.1) is 0 Å². The molecule has 1 saturated carbocycles. The van der Waals surface area contributed by atoms with E-state index in [1.54, 1.807) is 24.3 Å². The van der Waals surface area contributed by atoms with Crippen LogP contribution in [-0.4, -0.2) is 55.2 Å². The van der Waals surface area contributed by atoms with Crippen molar-refractivity contribution in [1.82, 2.24) is 9.80 Å². The molecule has 4 rings (SSSR count). The van der Waals surface area contributed by atoms with Gasteiger partial charge < -0.3 is 9.80 Å². The summed E-state index contributed by atoms with van der Waals surface area (Å²) in [5.74, 6) is 1.54. The Kier molecular flexibility index (Phi) is 4.79. The van der Waals surface area contributed by atoms with E-state index in [4.69, 9.17) is 0 Å². The van der Waals surface area contributed by atoms with Gasteiger partial charge >= 0.3 is 0 Å². The number of nitrogens with zero attached hydrogens (tertiary/aromatic N) is 2. The van der Waals surface area contributed by atoms with Gasteiger partial charge in [-0.25, -0.2) is 4.39 Å². The number of Topliss-reactive ketones (excluding diaryl/α,β-unsaturated/α-hetero) is 1. The second-order valence-corrected chi connectivity index (χ2v) is 8.29. The van der Waals surface area contributed by atoms with E-state index in [2.05, 4.69) is 19.0 Å². The summed E-state index contributed by atoms with van der Waals surface area (Å²) in [5, 5.41) is 0. The Morgan fingerprint density at radius 2 is 1.71 bits per heavy atom. The number of halogens is 1. The van der Waals surface area contributed by atoms with Crippen molar-refractivity contribution in [3.63, 3.8) is 0 Å². The van der Waals surface area contributed by atoms with Gasteiger partial charge in [0, 0.05) is 30.8 Å². The summed E-state index contributed by atoms with van der Waals surface area (Å²) in [6.45, 7) is 4.24. The Labute approximate surface area is 164 Å².